The predicted octanol–water partition coefficient (Wildman–Crippen LogP) is 2.36. The highest BCUT2D eigenvalue weighted by atomic mass is 79.9. The molecule has 0 aliphatic heterocycles. The molecule has 0 atom stereocenters. The molecule has 0 aliphatic rings. The largest absolute Gasteiger partial charge is 0.478 e. The molecule has 1 aromatic carbocycles. The minimum Gasteiger partial charge on any atom is -0.478 e. The minimum atomic E-state index is -1.02. The Morgan fingerprint density at radius 3 is 2.71 bits per heavy atom. The molecule has 1 rings (SSSR count). The molecule has 0 amide bonds. The van der Waals surface area contributed by atoms with Gasteiger partial charge in [-0.25, -0.2) is 4.79 Å². The van der Waals surface area contributed by atoms with Crippen LogP contribution in [0.4, 0.5) is 0 Å². The van der Waals surface area contributed by atoms with E-state index < -0.39 is 5.97 Å². The van der Waals surface area contributed by atoms with Crippen LogP contribution in [0.25, 0.3) is 6.08 Å². The Bertz CT molecular complexity index is 396. The Hall–Kier alpha value is -1.42. The van der Waals surface area contributed by atoms with E-state index in [1.807, 2.05) is 0 Å². The van der Waals surface area contributed by atoms with E-state index in [1.165, 1.54) is 18.2 Å². The third-order valence-corrected chi connectivity index (χ3v) is 2.09. The zero-order chi connectivity index (χ0) is 10.6. The average Bonchev–Trinajstić information content (AvgIpc) is 2.15. The van der Waals surface area contributed by atoms with E-state index in [4.69, 9.17) is 5.11 Å². The summed E-state index contributed by atoms with van der Waals surface area (Å²) < 4.78 is 0.693. The van der Waals surface area contributed by atoms with E-state index in [9.17, 15) is 9.59 Å². The van der Waals surface area contributed by atoms with Crippen LogP contribution in [0.2, 0.25) is 0 Å². The third kappa shape index (κ3) is 2.53. The molecule has 3 nitrogen and oxygen atoms in total. The van der Waals surface area contributed by atoms with Crippen LogP contribution in [-0.4, -0.2) is 17.4 Å². The second kappa shape index (κ2) is 4.72. The zero-order valence-corrected chi connectivity index (χ0v) is 8.69. The van der Waals surface area contributed by atoms with Gasteiger partial charge in [0.15, 0.2) is 0 Å². The van der Waals surface area contributed by atoms with Crippen LogP contribution in [0.15, 0.2) is 28.7 Å². The van der Waals surface area contributed by atoms with Crippen molar-refractivity contribution in [1.82, 2.24) is 0 Å². The molecule has 0 bridgehead atoms. The molecule has 0 fully saturated rings. The number of carboxylic acids is 1. The van der Waals surface area contributed by atoms with E-state index in [-0.39, 0.29) is 5.56 Å². The number of aldehydes is 1. The lowest BCUT2D eigenvalue weighted by Gasteiger charge is -2.00. The molecular formula is C10H7BrO3. The van der Waals surface area contributed by atoms with Crippen molar-refractivity contribution in [3.8, 4) is 0 Å². The van der Waals surface area contributed by atoms with E-state index >= 15 is 0 Å². The van der Waals surface area contributed by atoms with Crippen LogP contribution in [0, 0.1) is 0 Å². The number of halogens is 1. The summed E-state index contributed by atoms with van der Waals surface area (Å²) in [6.07, 6.45) is 3.33. The van der Waals surface area contributed by atoms with Crippen LogP contribution >= 0.6 is 15.9 Å². The molecule has 0 saturated carbocycles. The Balaban J connectivity index is 3.21. The Labute approximate surface area is 89.2 Å². The molecule has 0 unspecified atom stereocenters. The summed E-state index contributed by atoms with van der Waals surface area (Å²) in [4.78, 5) is 20.9. The molecule has 1 N–H and O–H groups in total. The van der Waals surface area contributed by atoms with Gasteiger partial charge in [-0.15, -0.1) is 0 Å². The summed E-state index contributed by atoms with van der Waals surface area (Å²) >= 11 is 3.18. The smallest absolute Gasteiger partial charge is 0.336 e. The summed E-state index contributed by atoms with van der Waals surface area (Å²) in [5, 5.41) is 8.85. The molecule has 0 saturated heterocycles. The molecule has 4 heteroatoms. The van der Waals surface area contributed by atoms with Crippen LogP contribution in [-0.2, 0) is 4.79 Å². The predicted molar refractivity (Wildman–Crippen MR) is 56.2 cm³/mol. The van der Waals surface area contributed by atoms with Gasteiger partial charge in [0.05, 0.1) is 5.56 Å². The lowest BCUT2D eigenvalue weighted by atomic mass is 10.1. The number of carbonyl (C=O) groups is 2. The number of carbonyl (C=O) groups excluding carboxylic acids is 1. The summed E-state index contributed by atoms with van der Waals surface area (Å²) in [5.41, 5.74) is 0.672. The fraction of sp³-hybridized carbons (Fsp3) is 0. The van der Waals surface area contributed by atoms with Crippen molar-refractivity contribution in [2.24, 2.45) is 0 Å². The number of benzene rings is 1. The highest BCUT2D eigenvalue weighted by Gasteiger charge is 2.07. The first-order chi connectivity index (χ1) is 6.65. The number of rotatable bonds is 3. The molecule has 0 aromatic heterocycles. The number of hydrogen-bond acceptors (Lipinski definition) is 2. The first-order valence-electron chi connectivity index (χ1n) is 3.80. The maximum absolute atomic E-state index is 10.8. The number of carboxylic acid groups (broad SMARTS) is 1. The lowest BCUT2D eigenvalue weighted by Crippen LogP contribution is -1.99. The highest BCUT2D eigenvalue weighted by Crippen LogP contribution is 2.17. The van der Waals surface area contributed by atoms with E-state index in [1.54, 1.807) is 12.1 Å². The zero-order valence-electron chi connectivity index (χ0n) is 7.11. The molecule has 0 heterocycles. The Morgan fingerprint density at radius 2 is 2.14 bits per heavy atom. The number of hydrogen-bond donors (Lipinski definition) is 1. The quantitative estimate of drug-likeness (QED) is 0.666. The van der Waals surface area contributed by atoms with Gasteiger partial charge >= 0.3 is 5.97 Å². The van der Waals surface area contributed by atoms with Gasteiger partial charge in [-0.3, -0.25) is 4.79 Å². The fourth-order valence-corrected chi connectivity index (χ4v) is 1.36. The highest BCUT2D eigenvalue weighted by molar-refractivity contribution is 9.10. The van der Waals surface area contributed by atoms with Gasteiger partial charge in [0.1, 0.15) is 6.29 Å². The van der Waals surface area contributed by atoms with Crippen LogP contribution in [0.5, 0.6) is 0 Å². The van der Waals surface area contributed by atoms with Gasteiger partial charge in [-0.05, 0) is 23.8 Å². The summed E-state index contributed by atoms with van der Waals surface area (Å²) in [7, 11) is 0. The number of aromatic carboxylic acids is 1. The Kier molecular flexibility index (Phi) is 3.59. The van der Waals surface area contributed by atoms with Crippen LogP contribution < -0.4 is 0 Å². The van der Waals surface area contributed by atoms with Crippen molar-refractivity contribution in [1.29, 1.82) is 0 Å². The number of allylic oxidation sites excluding steroid dienone is 1. The standard InChI is InChI=1S/C10H7BrO3/c11-8-4-3-7(2-1-5-12)9(6-8)10(13)14/h1-6H,(H,13,14). The Morgan fingerprint density at radius 1 is 1.43 bits per heavy atom. The maximum Gasteiger partial charge on any atom is 0.336 e. The van der Waals surface area contributed by atoms with Crippen molar-refractivity contribution < 1.29 is 14.7 Å². The van der Waals surface area contributed by atoms with E-state index in [0.29, 0.717) is 16.3 Å². The normalized spacial score (nSPS) is 10.4. The first-order valence-corrected chi connectivity index (χ1v) is 4.59. The van der Waals surface area contributed by atoms with E-state index in [2.05, 4.69) is 15.9 Å². The van der Waals surface area contributed by atoms with Crippen molar-refractivity contribution >= 4 is 34.3 Å². The van der Waals surface area contributed by atoms with Gasteiger partial charge < -0.3 is 5.11 Å². The van der Waals surface area contributed by atoms with Crippen molar-refractivity contribution in [3.63, 3.8) is 0 Å². The van der Waals surface area contributed by atoms with Gasteiger partial charge in [0.2, 0.25) is 0 Å². The van der Waals surface area contributed by atoms with Gasteiger partial charge in [-0.2, -0.15) is 0 Å². The molecule has 72 valence electrons. The fourth-order valence-electron chi connectivity index (χ4n) is 1.00. The van der Waals surface area contributed by atoms with Crippen molar-refractivity contribution in [2.75, 3.05) is 0 Å². The molecule has 0 radical (unpaired) electrons. The van der Waals surface area contributed by atoms with Gasteiger partial charge in [0, 0.05) is 4.47 Å². The average molecular weight is 255 g/mol. The minimum absolute atomic E-state index is 0.164. The van der Waals surface area contributed by atoms with E-state index in [0.717, 1.165) is 0 Å². The van der Waals surface area contributed by atoms with Crippen molar-refractivity contribution in [3.05, 3.63) is 39.9 Å². The lowest BCUT2D eigenvalue weighted by molar-refractivity contribution is -0.104. The van der Waals surface area contributed by atoms with Gasteiger partial charge in [-0.1, -0.05) is 28.1 Å². The maximum atomic E-state index is 10.8. The van der Waals surface area contributed by atoms with Crippen LogP contribution in [0.1, 0.15) is 15.9 Å². The second-order valence-electron chi connectivity index (χ2n) is 2.53. The molecule has 1 aromatic rings. The monoisotopic (exact) mass is 254 g/mol. The van der Waals surface area contributed by atoms with Crippen LogP contribution in [0.3, 0.4) is 0 Å². The summed E-state index contributed by atoms with van der Waals surface area (Å²) in [6, 6.07) is 4.84. The third-order valence-electron chi connectivity index (χ3n) is 1.60. The molecule has 0 spiro atoms. The first kappa shape index (κ1) is 10.7. The van der Waals surface area contributed by atoms with Gasteiger partial charge in [0.25, 0.3) is 0 Å². The SMILES string of the molecule is O=CC=Cc1ccc(Br)cc1C(=O)O. The summed E-state index contributed by atoms with van der Waals surface area (Å²) in [5.74, 6) is -1.02. The molecule has 0 aliphatic carbocycles. The summed E-state index contributed by atoms with van der Waals surface area (Å²) in [6.45, 7) is 0. The van der Waals surface area contributed by atoms with Crippen molar-refractivity contribution in [2.45, 2.75) is 0 Å². The second-order valence-corrected chi connectivity index (χ2v) is 3.45. The molecular weight excluding hydrogens is 248 g/mol. The topological polar surface area (TPSA) is 54.4 Å². The molecule has 14 heavy (non-hydrogen) atoms.